The molecule has 4 rings (SSSR count). The zero-order chi connectivity index (χ0) is 20.4. The molecule has 8 nitrogen and oxygen atoms in total. The van der Waals surface area contributed by atoms with Crippen LogP contribution in [0, 0.1) is 10.1 Å². The van der Waals surface area contributed by atoms with E-state index in [1.54, 1.807) is 37.1 Å². The molecule has 1 aromatic heterocycles. The number of nitro benzene ring substituents is 1. The number of rotatable bonds is 5. The van der Waals surface area contributed by atoms with Crippen LogP contribution >= 0.6 is 0 Å². The molecule has 0 radical (unpaired) electrons. The van der Waals surface area contributed by atoms with Gasteiger partial charge in [-0.15, -0.1) is 0 Å². The Balaban J connectivity index is 1.93. The Hall–Kier alpha value is -3.55. The lowest BCUT2D eigenvalue weighted by molar-refractivity contribution is -0.384. The number of nitrogens with zero attached hydrogens (tertiary/aromatic N) is 3. The van der Waals surface area contributed by atoms with Gasteiger partial charge >= 0.3 is 0 Å². The van der Waals surface area contributed by atoms with Crippen molar-refractivity contribution >= 4 is 11.5 Å². The fourth-order valence-corrected chi connectivity index (χ4v) is 3.69. The molecule has 150 valence electrons. The van der Waals surface area contributed by atoms with Gasteiger partial charge in [0.25, 0.3) is 5.69 Å². The molecule has 0 amide bonds. The number of benzene rings is 2. The number of para-hydroxylation sites is 2. The number of nitrogens with one attached hydrogen (secondary N) is 1. The van der Waals surface area contributed by atoms with Crippen molar-refractivity contribution in [2.75, 3.05) is 26.1 Å². The smallest absolute Gasteiger partial charge is 0.294 e. The summed E-state index contributed by atoms with van der Waals surface area (Å²) in [6.45, 7) is 0.796. The molecule has 0 atom stereocenters. The molecule has 0 unspecified atom stereocenters. The second kappa shape index (κ2) is 7.83. The Morgan fingerprint density at radius 1 is 1.10 bits per heavy atom. The summed E-state index contributed by atoms with van der Waals surface area (Å²) in [6.07, 6.45) is 2.88. The van der Waals surface area contributed by atoms with Crippen LogP contribution in [-0.4, -0.2) is 35.5 Å². The molecule has 0 spiro atoms. The van der Waals surface area contributed by atoms with E-state index in [0.717, 1.165) is 48.4 Å². The highest BCUT2D eigenvalue weighted by Gasteiger charge is 2.25. The van der Waals surface area contributed by atoms with Crippen LogP contribution in [-0.2, 0) is 6.42 Å². The van der Waals surface area contributed by atoms with Crippen molar-refractivity contribution in [2.45, 2.75) is 19.3 Å². The Labute approximate surface area is 168 Å². The summed E-state index contributed by atoms with van der Waals surface area (Å²) in [5.74, 6) is 2.06. The van der Waals surface area contributed by atoms with Crippen molar-refractivity contribution in [2.24, 2.45) is 0 Å². The van der Waals surface area contributed by atoms with Gasteiger partial charge in [-0.25, -0.2) is 4.68 Å². The molecule has 0 aliphatic carbocycles. The van der Waals surface area contributed by atoms with Crippen LogP contribution in [0.4, 0.5) is 11.5 Å². The first kappa shape index (κ1) is 18.8. The van der Waals surface area contributed by atoms with Crippen molar-refractivity contribution in [3.8, 4) is 28.4 Å². The summed E-state index contributed by atoms with van der Waals surface area (Å²) >= 11 is 0. The fraction of sp³-hybridized carbons (Fsp3) is 0.286. The van der Waals surface area contributed by atoms with E-state index in [0.29, 0.717) is 17.2 Å². The molecule has 2 heterocycles. The Morgan fingerprint density at radius 3 is 2.66 bits per heavy atom. The van der Waals surface area contributed by atoms with Gasteiger partial charge in [0.15, 0.2) is 11.5 Å². The van der Waals surface area contributed by atoms with Crippen molar-refractivity contribution < 1.29 is 14.4 Å². The molecule has 1 N–H and O–H groups in total. The van der Waals surface area contributed by atoms with Gasteiger partial charge < -0.3 is 14.8 Å². The topological polar surface area (TPSA) is 91.5 Å². The second-order valence-electron chi connectivity index (χ2n) is 6.79. The molecule has 3 aromatic rings. The quantitative estimate of drug-likeness (QED) is 0.515. The van der Waals surface area contributed by atoms with Gasteiger partial charge in [-0.1, -0.05) is 12.1 Å². The monoisotopic (exact) mass is 394 g/mol. The van der Waals surface area contributed by atoms with Gasteiger partial charge in [-0.05, 0) is 43.5 Å². The van der Waals surface area contributed by atoms with Crippen LogP contribution in [0.3, 0.4) is 0 Å². The zero-order valence-corrected chi connectivity index (χ0v) is 16.3. The van der Waals surface area contributed by atoms with E-state index in [-0.39, 0.29) is 10.6 Å². The Kier molecular flexibility index (Phi) is 5.07. The number of aromatic nitrogens is 2. The lowest BCUT2D eigenvalue weighted by Crippen LogP contribution is -2.08. The number of hydrogen-bond donors (Lipinski definition) is 1. The largest absolute Gasteiger partial charge is 0.493 e. The van der Waals surface area contributed by atoms with Gasteiger partial charge in [0.2, 0.25) is 0 Å². The molecule has 0 saturated heterocycles. The fourth-order valence-electron chi connectivity index (χ4n) is 3.69. The summed E-state index contributed by atoms with van der Waals surface area (Å²) < 4.78 is 12.4. The summed E-state index contributed by atoms with van der Waals surface area (Å²) in [4.78, 5) is 11.2. The predicted octanol–water partition coefficient (Wildman–Crippen LogP) is 4.21. The van der Waals surface area contributed by atoms with E-state index < -0.39 is 0 Å². The Bertz CT molecular complexity index is 1060. The van der Waals surface area contributed by atoms with Gasteiger partial charge in [0.1, 0.15) is 11.5 Å². The average Bonchev–Trinajstić information content (AvgIpc) is 2.93. The first-order valence-electron chi connectivity index (χ1n) is 9.46. The van der Waals surface area contributed by atoms with Crippen LogP contribution < -0.4 is 14.8 Å². The number of nitro groups is 1. The molecule has 0 fully saturated rings. The summed E-state index contributed by atoms with van der Waals surface area (Å²) in [6, 6.07) is 12.3. The summed E-state index contributed by atoms with van der Waals surface area (Å²) in [5.41, 5.74) is 3.17. The van der Waals surface area contributed by atoms with E-state index in [2.05, 4.69) is 5.32 Å². The molecule has 1 aliphatic rings. The molecule has 2 aromatic carbocycles. The first-order chi connectivity index (χ1) is 14.1. The van der Waals surface area contributed by atoms with Gasteiger partial charge in [-0.3, -0.25) is 10.1 Å². The number of ether oxygens (including phenoxy) is 2. The summed E-state index contributed by atoms with van der Waals surface area (Å²) in [5, 5.41) is 19.8. The maximum absolute atomic E-state index is 11.6. The number of hydrogen-bond acceptors (Lipinski definition) is 6. The van der Waals surface area contributed by atoms with E-state index in [1.807, 2.05) is 18.2 Å². The van der Waals surface area contributed by atoms with Crippen LogP contribution in [0.25, 0.3) is 16.9 Å². The van der Waals surface area contributed by atoms with Gasteiger partial charge in [-0.2, -0.15) is 5.10 Å². The van der Waals surface area contributed by atoms with E-state index in [1.165, 1.54) is 6.07 Å². The minimum Gasteiger partial charge on any atom is -0.493 e. The van der Waals surface area contributed by atoms with Gasteiger partial charge in [0.05, 0.1) is 24.8 Å². The minimum absolute atomic E-state index is 0.0164. The van der Waals surface area contributed by atoms with Gasteiger partial charge in [0, 0.05) is 23.7 Å². The van der Waals surface area contributed by atoms with E-state index >= 15 is 0 Å². The molecule has 0 saturated carbocycles. The van der Waals surface area contributed by atoms with Crippen molar-refractivity contribution in [1.29, 1.82) is 0 Å². The highest BCUT2D eigenvalue weighted by Crippen LogP contribution is 2.38. The van der Waals surface area contributed by atoms with Crippen molar-refractivity contribution in [3.05, 3.63) is 58.1 Å². The van der Waals surface area contributed by atoms with Crippen molar-refractivity contribution in [3.63, 3.8) is 0 Å². The molecule has 8 heteroatoms. The maximum Gasteiger partial charge on any atom is 0.294 e. The standard InChI is InChI=1S/C21H22N4O4/c1-28-18-11-10-14(13-19(18)29-2)20-15-7-5-6-12-22-21(15)24(23-20)16-8-3-4-9-17(16)25(26)27/h3-4,8-11,13,22H,5-7,12H2,1-2H3. The van der Waals surface area contributed by atoms with Crippen LogP contribution in [0.15, 0.2) is 42.5 Å². The third-order valence-corrected chi connectivity index (χ3v) is 5.09. The lowest BCUT2D eigenvalue weighted by Gasteiger charge is -2.09. The Morgan fingerprint density at radius 2 is 1.90 bits per heavy atom. The van der Waals surface area contributed by atoms with E-state index in [9.17, 15) is 10.1 Å². The predicted molar refractivity (Wildman–Crippen MR) is 110 cm³/mol. The van der Waals surface area contributed by atoms with Crippen LogP contribution in [0.2, 0.25) is 0 Å². The molecule has 0 bridgehead atoms. The summed E-state index contributed by atoms with van der Waals surface area (Å²) in [7, 11) is 3.19. The molecule has 1 aliphatic heterocycles. The first-order valence-corrected chi connectivity index (χ1v) is 9.46. The third kappa shape index (κ3) is 3.37. The van der Waals surface area contributed by atoms with E-state index in [4.69, 9.17) is 14.6 Å². The third-order valence-electron chi connectivity index (χ3n) is 5.09. The van der Waals surface area contributed by atoms with Crippen molar-refractivity contribution in [1.82, 2.24) is 9.78 Å². The minimum atomic E-state index is -0.379. The van der Waals surface area contributed by atoms with Crippen LogP contribution in [0.1, 0.15) is 18.4 Å². The highest BCUT2D eigenvalue weighted by atomic mass is 16.6. The zero-order valence-electron chi connectivity index (χ0n) is 16.3. The normalized spacial score (nSPS) is 13.2. The highest BCUT2D eigenvalue weighted by molar-refractivity contribution is 5.74. The maximum atomic E-state index is 11.6. The molecular formula is C21H22N4O4. The lowest BCUT2D eigenvalue weighted by atomic mass is 10.0. The van der Waals surface area contributed by atoms with Crippen LogP contribution in [0.5, 0.6) is 11.5 Å². The molecular weight excluding hydrogens is 372 g/mol. The number of methoxy groups -OCH3 is 2. The molecule has 29 heavy (non-hydrogen) atoms. The second-order valence-corrected chi connectivity index (χ2v) is 6.79. The number of fused-ring (bicyclic) bond motifs is 1. The number of anilines is 1. The average molecular weight is 394 g/mol. The SMILES string of the molecule is COc1ccc(-c2nn(-c3ccccc3[N+](=O)[O-])c3c2CCCCN3)cc1OC.